The van der Waals surface area contributed by atoms with E-state index in [2.05, 4.69) is 15.6 Å². The number of rotatable bonds is 5. The maximum Gasteiger partial charge on any atom is 0.291 e. The zero-order valence-corrected chi connectivity index (χ0v) is 18.7. The van der Waals surface area contributed by atoms with E-state index in [4.69, 9.17) is 0 Å². The lowest BCUT2D eigenvalue weighted by atomic mass is 10.2. The van der Waals surface area contributed by atoms with E-state index < -0.39 is 0 Å². The molecule has 0 aromatic heterocycles. The van der Waals surface area contributed by atoms with Crippen molar-refractivity contribution < 1.29 is 4.79 Å². The number of nitrogens with zero attached hydrogens (tertiary/aromatic N) is 3. The molecule has 0 heterocycles. The molecule has 0 aliphatic carbocycles. The van der Waals surface area contributed by atoms with Crippen molar-refractivity contribution in [1.29, 1.82) is 0 Å². The van der Waals surface area contributed by atoms with Gasteiger partial charge in [0.2, 0.25) is 0 Å². The first-order chi connectivity index (χ1) is 14.8. The highest BCUT2D eigenvalue weighted by Gasteiger charge is 2.14. The summed E-state index contributed by atoms with van der Waals surface area (Å²) in [5, 5.41) is 6.12. The fraction of sp³-hybridized carbons (Fsp3) is 0.200. The molecule has 3 rings (SSSR count). The number of para-hydroxylation sites is 1. The second kappa shape index (κ2) is 9.80. The maximum absolute atomic E-state index is 13.1. The molecule has 0 atom stereocenters. The van der Waals surface area contributed by atoms with Gasteiger partial charge in [-0.2, -0.15) is 0 Å². The summed E-state index contributed by atoms with van der Waals surface area (Å²) >= 11 is 0. The summed E-state index contributed by atoms with van der Waals surface area (Å²) in [7, 11) is 7.93. The van der Waals surface area contributed by atoms with Gasteiger partial charge in [-0.3, -0.25) is 4.79 Å². The van der Waals surface area contributed by atoms with Gasteiger partial charge in [0.05, 0.1) is 5.69 Å². The Balaban J connectivity index is 1.87. The molecule has 2 N–H and O–H groups in total. The average molecular weight is 416 g/mol. The van der Waals surface area contributed by atoms with E-state index in [-0.39, 0.29) is 11.7 Å². The smallest absolute Gasteiger partial charge is 0.291 e. The fourth-order valence-electron chi connectivity index (χ4n) is 2.96. The predicted molar refractivity (Wildman–Crippen MR) is 132 cm³/mol. The lowest BCUT2D eigenvalue weighted by Gasteiger charge is -2.15. The van der Waals surface area contributed by atoms with Gasteiger partial charge in [-0.15, -0.1) is 0 Å². The third-order valence-electron chi connectivity index (χ3n) is 4.85. The van der Waals surface area contributed by atoms with Gasteiger partial charge in [-0.05, 0) is 67.1 Å². The molecule has 0 unspecified atom stereocenters. The molecule has 0 saturated heterocycles. The van der Waals surface area contributed by atoms with Crippen LogP contribution >= 0.6 is 0 Å². The Labute approximate surface area is 184 Å². The van der Waals surface area contributed by atoms with Crippen molar-refractivity contribution in [2.45, 2.75) is 6.92 Å². The minimum Gasteiger partial charge on any atom is -0.378 e. The number of benzene rings is 3. The van der Waals surface area contributed by atoms with Crippen LogP contribution in [0.5, 0.6) is 0 Å². The first-order valence-electron chi connectivity index (χ1n) is 10.1. The van der Waals surface area contributed by atoms with Gasteiger partial charge in [0.15, 0.2) is 5.84 Å². The zero-order valence-electron chi connectivity index (χ0n) is 18.7. The number of anilines is 4. The Morgan fingerprint density at radius 3 is 1.68 bits per heavy atom. The Kier molecular flexibility index (Phi) is 6.92. The van der Waals surface area contributed by atoms with E-state index in [1.165, 1.54) is 0 Å². The van der Waals surface area contributed by atoms with E-state index in [0.717, 1.165) is 28.3 Å². The van der Waals surface area contributed by atoms with Crippen molar-refractivity contribution in [1.82, 2.24) is 0 Å². The average Bonchev–Trinajstić information content (AvgIpc) is 2.75. The van der Waals surface area contributed by atoms with Crippen LogP contribution < -0.4 is 20.4 Å². The van der Waals surface area contributed by atoms with Crippen LogP contribution in [0.25, 0.3) is 0 Å². The Bertz CT molecular complexity index is 1050. The first kappa shape index (κ1) is 21.9. The zero-order chi connectivity index (χ0) is 22.4. The van der Waals surface area contributed by atoms with Crippen LogP contribution in [0.15, 0.2) is 77.8 Å². The summed E-state index contributed by atoms with van der Waals surface area (Å²) in [5.74, 6) is -0.0823. The van der Waals surface area contributed by atoms with Crippen molar-refractivity contribution in [2.75, 3.05) is 48.6 Å². The number of nitrogens with one attached hydrogen (secondary N) is 2. The molecule has 0 aliphatic heterocycles. The normalized spacial score (nSPS) is 11.1. The molecule has 31 heavy (non-hydrogen) atoms. The highest BCUT2D eigenvalue weighted by molar-refractivity contribution is 6.46. The van der Waals surface area contributed by atoms with E-state index in [1.807, 2.05) is 118 Å². The summed E-state index contributed by atoms with van der Waals surface area (Å²) in [6.07, 6.45) is 0. The molecule has 0 radical (unpaired) electrons. The van der Waals surface area contributed by atoms with E-state index in [9.17, 15) is 4.79 Å². The van der Waals surface area contributed by atoms with Crippen LogP contribution in [0.3, 0.4) is 0 Å². The van der Waals surface area contributed by atoms with Crippen LogP contribution in [-0.2, 0) is 4.79 Å². The fourth-order valence-corrected chi connectivity index (χ4v) is 2.96. The number of carbonyl (C=O) groups is 1. The van der Waals surface area contributed by atoms with E-state index in [1.54, 1.807) is 0 Å². The topological polar surface area (TPSA) is 60.0 Å². The number of hydrogen-bond donors (Lipinski definition) is 2. The van der Waals surface area contributed by atoms with Crippen LogP contribution in [-0.4, -0.2) is 39.9 Å². The van der Waals surface area contributed by atoms with Gasteiger partial charge in [0, 0.05) is 50.9 Å². The van der Waals surface area contributed by atoms with Crippen LogP contribution in [0.2, 0.25) is 0 Å². The Morgan fingerprint density at radius 1 is 0.710 bits per heavy atom. The van der Waals surface area contributed by atoms with Gasteiger partial charge in [0.1, 0.15) is 0 Å². The van der Waals surface area contributed by atoms with Gasteiger partial charge in [-0.25, -0.2) is 4.99 Å². The van der Waals surface area contributed by atoms with Crippen molar-refractivity contribution in [3.63, 3.8) is 0 Å². The minimum absolute atomic E-state index is 0.226. The maximum atomic E-state index is 13.1. The first-order valence-corrected chi connectivity index (χ1v) is 10.1. The lowest BCUT2D eigenvalue weighted by Crippen LogP contribution is -2.29. The summed E-state index contributed by atoms with van der Waals surface area (Å²) in [4.78, 5) is 21.8. The molecule has 1 amide bonds. The second-order valence-corrected chi connectivity index (χ2v) is 7.71. The molecule has 6 nitrogen and oxygen atoms in total. The number of hydrogen-bond acceptors (Lipinski definition) is 4. The van der Waals surface area contributed by atoms with Crippen molar-refractivity contribution in [2.24, 2.45) is 4.99 Å². The summed E-state index contributed by atoms with van der Waals surface area (Å²) < 4.78 is 0. The van der Waals surface area contributed by atoms with Gasteiger partial charge < -0.3 is 20.4 Å². The molecule has 3 aromatic carbocycles. The number of aryl methyl sites for hydroxylation is 1. The van der Waals surface area contributed by atoms with Gasteiger partial charge in [0.25, 0.3) is 5.91 Å². The molecular formula is C25H29N5O. The molecule has 6 heteroatoms. The molecule has 0 saturated carbocycles. The number of amides is 1. The monoisotopic (exact) mass is 415 g/mol. The summed E-state index contributed by atoms with van der Waals surface area (Å²) in [5.41, 5.74) is 5.37. The molecule has 0 fully saturated rings. The van der Waals surface area contributed by atoms with Gasteiger partial charge >= 0.3 is 0 Å². The van der Waals surface area contributed by atoms with Crippen LogP contribution in [0.1, 0.15) is 5.56 Å². The van der Waals surface area contributed by atoms with E-state index >= 15 is 0 Å². The van der Waals surface area contributed by atoms with E-state index in [0.29, 0.717) is 5.69 Å². The summed E-state index contributed by atoms with van der Waals surface area (Å²) in [6, 6.07) is 23.3. The Morgan fingerprint density at radius 2 is 1.19 bits per heavy atom. The van der Waals surface area contributed by atoms with Gasteiger partial charge in [-0.1, -0.05) is 18.2 Å². The summed E-state index contributed by atoms with van der Waals surface area (Å²) in [6.45, 7) is 1.97. The lowest BCUT2D eigenvalue weighted by molar-refractivity contribution is -0.110. The molecule has 0 spiro atoms. The molecular weight excluding hydrogens is 386 g/mol. The quantitative estimate of drug-likeness (QED) is 0.459. The largest absolute Gasteiger partial charge is 0.378 e. The number of carbonyl (C=O) groups excluding carboxylic acids is 1. The number of amidine groups is 1. The van der Waals surface area contributed by atoms with Crippen molar-refractivity contribution >= 4 is 40.2 Å². The van der Waals surface area contributed by atoms with Crippen molar-refractivity contribution in [3.05, 3.63) is 78.4 Å². The van der Waals surface area contributed by atoms with Crippen LogP contribution in [0, 0.1) is 6.92 Å². The molecule has 160 valence electrons. The van der Waals surface area contributed by atoms with Crippen LogP contribution in [0.4, 0.5) is 28.4 Å². The predicted octanol–water partition coefficient (Wildman–Crippen LogP) is 4.91. The van der Waals surface area contributed by atoms with Crippen molar-refractivity contribution in [3.8, 4) is 0 Å². The highest BCUT2D eigenvalue weighted by Crippen LogP contribution is 2.21. The highest BCUT2D eigenvalue weighted by atomic mass is 16.2. The number of aliphatic imine (C=N–C) groups is 1. The Hall–Kier alpha value is -3.80. The standard InChI is InChI=1S/C25H29N5O/c1-18-8-6-7-9-23(18)28-24(26-19-10-14-21(15-11-19)29(2)3)25(31)27-20-12-16-22(17-13-20)30(4)5/h6-17H,1-5H3,(H,26,28)(H,27,31). The second-order valence-electron chi connectivity index (χ2n) is 7.71. The molecule has 0 aliphatic rings. The third-order valence-corrected chi connectivity index (χ3v) is 4.85. The molecule has 3 aromatic rings. The minimum atomic E-state index is -0.308. The molecule has 0 bridgehead atoms. The SMILES string of the molecule is Cc1ccccc1N=C(Nc1ccc(N(C)C)cc1)C(=O)Nc1ccc(N(C)C)cc1. The third kappa shape index (κ3) is 5.85.